The first-order valence-corrected chi connectivity index (χ1v) is 30.1. The molecule has 3 aliphatic heterocycles. The lowest BCUT2D eigenvalue weighted by molar-refractivity contribution is -0.0443. The zero-order valence-corrected chi connectivity index (χ0v) is 39.6. The Hall–Kier alpha value is -2.00. The van der Waals surface area contributed by atoms with Crippen LogP contribution < -0.4 is 21.6 Å². The van der Waals surface area contributed by atoms with Crippen molar-refractivity contribution in [1.29, 1.82) is 0 Å². The highest BCUT2D eigenvalue weighted by Gasteiger charge is 2.56. The van der Waals surface area contributed by atoms with Gasteiger partial charge >= 0.3 is 6.72 Å². The van der Waals surface area contributed by atoms with Gasteiger partial charge < -0.3 is 43.7 Å². The molecule has 0 aromatic carbocycles. The molecule has 3 saturated heterocycles. The third-order valence-corrected chi connectivity index (χ3v) is 24.5. The first-order valence-electron chi connectivity index (χ1n) is 18.8. The molecule has 3 aliphatic rings. The molecule has 4 aromatic rings. The molecule has 10 atom stereocenters. The molecule has 26 heteroatoms. The maximum atomic E-state index is 14.6. The Morgan fingerprint density at radius 3 is 1.62 bits per heavy atom. The molecule has 7 rings (SSSR count). The molecule has 4 aromatic heterocycles. The topological polar surface area (TPSA) is 256 Å². The van der Waals surface area contributed by atoms with E-state index in [-0.39, 0.29) is 34.9 Å². The van der Waals surface area contributed by atoms with Crippen LogP contribution in [0, 0.1) is 0 Å². The summed E-state index contributed by atoms with van der Waals surface area (Å²) in [4.78, 5) is 38.0. The van der Waals surface area contributed by atoms with Gasteiger partial charge in [0.15, 0.2) is 52.0 Å². The van der Waals surface area contributed by atoms with E-state index in [0.29, 0.717) is 22.3 Å². The lowest BCUT2D eigenvalue weighted by Crippen LogP contribution is -2.53. The second-order valence-electron chi connectivity index (χ2n) is 17.9. The number of nitrogens with zero attached hydrogens (tertiary/aromatic N) is 8. The van der Waals surface area contributed by atoms with Crippen molar-refractivity contribution in [1.82, 2.24) is 49.2 Å². The van der Waals surface area contributed by atoms with Crippen LogP contribution in [-0.4, -0.2) is 110 Å². The van der Waals surface area contributed by atoms with E-state index in [1.165, 1.54) is 12.7 Å². The van der Waals surface area contributed by atoms with Crippen molar-refractivity contribution in [3.63, 3.8) is 0 Å². The number of ether oxygens (including phenoxy) is 2. The predicted molar refractivity (Wildman–Crippen MR) is 230 cm³/mol. The summed E-state index contributed by atoms with van der Waals surface area (Å²) in [5, 5.41) is 5.88. The van der Waals surface area contributed by atoms with E-state index in [1.807, 2.05) is 0 Å². The molecular formula is C32H54N12O8P2S2Si2. The van der Waals surface area contributed by atoms with Crippen molar-refractivity contribution < 1.29 is 36.8 Å². The van der Waals surface area contributed by atoms with Crippen molar-refractivity contribution in [3.05, 3.63) is 25.3 Å². The van der Waals surface area contributed by atoms with Crippen LogP contribution in [0.2, 0.25) is 36.3 Å². The molecule has 0 amide bonds. The van der Waals surface area contributed by atoms with Gasteiger partial charge in [-0.1, -0.05) is 53.8 Å². The Balaban J connectivity index is 1.27. The molecule has 0 spiro atoms. The molecule has 320 valence electrons. The fourth-order valence-corrected chi connectivity index (χ4v) is 12.7. The third kappa shape index (κ3) is 8.45. The highest BCUT2D eigenvalue weighted by molar-refractivity contribution is 8.45. The Bertz CT molecular complexity index is 2120. The van der Waals surface area contributed by atoms with Gasteiger partial charge in [-0.25, -0.2) is 40.1 Å². The number of thiol groups is 1. The summed E-state index contributed by atoms with van der Waals surface area (Å²) in [6, 6.07) is -1.71. The minimum atomic E-state index is -4.01. The van der Waals surface area contributed by atoms with Crippen molar-refractivity contribution >= 4 is 88.0 Å². The zero-order valence-electron chi connectivity index (χ0n) is 34.1. The monoisotopic (exact) mass is 916 g/mol. The predicted octanol–water partition coefficient (Wildman–Crippen LogP) is 4.62. The standard InChI is InChI=1S/C32H54N12O8P2S2Si2/c1-31(2,3)57(7,8)51-23-19-17(49-29(23)43-15-39-21-25(33)35-13-37-27(21)43)11-47-54(46,56)42-20-18(12-48-53(45,55)41-19)50-30(24(20)52-58(9,10)32(4,5)6)44-16-40-22-26(34)36-14-38-28(22)44/h13-20,23-24,29-30H,11-12H2,1-10H3,(H2,33,35,37)(H2,34,36,38)(H2,41,45,55)(H2,42,46,56)/t17-,18-,19-,20-,23?,24?,29-,30-,53?,54?/m1/s1. The maximum absolute atomic E-state index is 14.6. The van der Waals surface area contributed by atoms with Crippen LogP contribution in [0.15, 0.2) is 25.3 Å². The van der Waals surface area contributed by atoms with E-state index >= 15 is 0 Å². The van der Waals surface area contributed by atoms with Gasteiger partial charge in [0.2, 0.25) is 0 Å². The van der Waals surface area contributed by atoms with Gasteiger partial charge in [-0.3, -0.25) is 13.7 Å². The van der Waals surface area contributed by atoms with E-state index in [1.54, 1.807) is 21.8 Å². The number of hydrogen-bond donors (Lipinski definition) is 6. The Labute approximate surface area is 349 Å². The smallest absolute Gasteiger partial charge is 0.324 e. The highest BCUT2D eigenvalue weighted by atomic mass is 32.7. The second kappa shape index (κ2) is 15.4. The average Bonchev–Trinajstić information content (AvgIpc) is 3.87. The summed E-state index contributed by atoms with van der Waals surface area (Å²) in [5.74, 6) is 0.392. The summed E-state index contributed by atoms with van der Waals surface area (Å²) in [7, 11) is -5.15. The zero-order chi connectivity index (χ0) is 42.4. The molecule has 7 N–H and O–H groups in total. The Kier molecular flexibility index (Phi) is 11.7. The molecule has 4 unspecified atom stereocenters. The summed E-state index contributed by atoms with van der Waals surface area (Å²) >= 11 is 10.4. The highest BCUT2D eigenvalue weighted by Crippen LogP contribution is 2.54. The van der Waals surface area contributed by atoms with E-state index < -0.39 is 79.0 Å². The Morgan fingerprint density at radius 2 is 1.19 bits per heavy atom. The second-order valence-corrected chi connectivity index (χ2v) is 33.6. The van der Waals surface area contributed by atoms with Crippen molar-refractivity contribution in [3.8, 4) is 0 Å². The van der Waals surface area contributed by atoms with Gasteiger partial charge in [0.25, 0.3) is 6.64 Å². The van der Waals surface area contributed by atoms with Crippen LogP contribution in [0.4, 0.5) is 11.6 Å². The van der Waals surface area contributed by atoms with Gasteiger partial charge in [-0.15, -0.1) is 0 Å². The largest absolute Gasteiger partial charge is 0.408 e. The lowest BCUT2D eigenvalue weighted by Gasteiger charge is -2.41. The van der Waals surface area contributed by atoms with E-state index in [2.05, 4.69) is 120 Å². The number of hydrogen-bond acceptors (Lipinski definition) is 16. The number of nitrogens with one attached hydrogen (secondary N) is 2. The minimum Gasteiger partial charge on any atom is -0.408 e. The fraction of sp³-hybridized carbons (Fsp3) is 0.688. The normalized spacial score (nSPS) is 33.2. The van der Waals surface area contributed by atoms with Crippen LogP contribution in [0.1, 0.15) is 54.0 Å². The molecule has 0 saturated carbocycles. The van der Waals surface area contributed by atoms with Crippen LogP contribution in [0.5, 0.6) is 0 Å². The first kappa shape index (κ1) is 44.1. The molecule has 3 fully saturated rings. The number of rotatable bonds is 6. The number of imidazole rings is 2. The summed E-state index contributed by atoms with van der Waals surface area (Å²) in [6.07, 6.45) is 0.608. The van der Waals surface area contributed by atoms with Crippen LogP contribution in [-0.2, 0) is 43.7 Å². The number of nitrogen functional groups attached to an aromatic ring is 2. The number of fused-ring (bicyclic) bond motifs is 4. The quantitative estimate of drug-likeness (QED) is 0.0876. The van der Waals surface area contributed by atoms with Crippen LogP contribution >= 0.6 is 25.6 Å². The van der Waals surface area contributed by atoms with Gasteiger partial charge in [-0.2, -0.15) is 0 Å². The van der Waals surface area contributed by atoms with Gasteiger partial charge in [0.1, 0.15) is 48.1 Å². The SMILES string of the molecule is CC(C)(C)[Si](C)(C)OC1[C@H](n2cnc3c(N)ncnc32)O[C@@H]2COP(O)(=S)N[C@H]3C(O[Si](C)(C)C(C)(C)C)[C@H](n4cnc5c(N)ncnc54)O[C@@H]3COP(=O)(S)N[C@@H]12. The van der Waals surface area contributed by atoms with Crippen LogP contribution in [0.3, 0.4) is 0 Å². The molecule has 7 heterocycles. The number of anilines is 2. The maximum Gasteiger partial charge on any atom is 0.324 e. The van der Waals surface area contributed by atoms with E-state index in [4.69, 9.17) is 50.6 Å². The molecule has 20 nitrogen and oxygen atoms in total. The van der Waals surface area contributed by atoms with Crippen LogP contribution in [0.25, 0.3) is 22.3 Å². The molecule has 0 radical (unpaired) electrons. The number of nitrogens with two attached hydrogens (primary N) is 2. The molecule has 0 aliphatic carbocycles. The van der Waals surface area contributed by atoms with E-state index in [0.717, 1.165) is 0 Å². The molecule has 58 heavy (non-hydrogen) atoms. The third-order valence-electron chi connectivity index (χ3n) is 11.9. The molecule has 0 bridgehead atoms. The molecular weight excluding hydrogens is 863 g/mol. The lowest BCUT2D eigenvalue weighted by atomic mass is 10.1. The van der Waals surface area contributed by atoms with Gasteiger partial charge in [-0.05, 0) is 48.1 Å². The fourth-order valence-electron chi connectivity index (χ4n) is 6.72. The van der Waals surface area contributed by atoms with Crippen molar-refractivity contribution in [2.24, 2.45) is 0 Å². The van der Waals surface area contributed by atoms with Crippen molar-refractivity contribution in [2.75, 3.05) is 24.7 Å². The van der Waals surface area contributed by atoms with Gasteiger partial charge in [0.05, 0.1) is 38.0 Å². The van der Waals surface area contributed by atoms with Gasteiger partial charge in [0, 0.05) is 0 Å². The summed E-state index contributed by atoms with van der Waals surface area (Å²) < 4.78 is 58.0. The average molecular weight is 917 g/mol. The first-order chi connectivity index (χ1) is 26.8. The Morgan fingerprint density at radius 1 is 0.776 bits per heavy atom. The summed E-state index contributed by atoms with van der Waals surface area (Å²) in [6.45, 7) is 12.7. The van der Waals surface area contributed by atoms with Crippen molar-refractivity contribution in [2.45, 2.75) is 127 Å². The summed E-state index contributed by atoms with van der Waals surface area (Å²) in [5.41, 5.74) is 13.9. The minimum absolute atomic E-state index is 0.196. The number of aromatic nitrogens is 8. The van der Waals surface area contributed by atoms with E-state index in [9.17, 15) is 9.46 Å².